The molecule has 9 rings (SSSR count). The molecule has 5 aliphatic rings. The van der Waals surface area contributed by atoms with Gasteiger partial charge in [-0.25, -0.2) is 8.78 Å². The molecule has 11 heteroatoms. The van der Waals surface area contributed by atoms with Crippen LogP contribution in [0, 0.1) is 11.7 Å². The van der Waals surface area contributed by atoms with Crippen LogP contribution in [-0.4, -0.2) is 81.0 Å². The first-order chi connectivity index (χ1) is 22.3. The lowest BCUT2D eigenvalue weighted by molar-refractivity contribution is 0.0775. The molecule has 0 amide bonds. The summed E-state index contributed by atoms with van der Waals surface area (Å²) in [6.07, 6.45) is 8.95. The average Bonchev–Trinajstić information content (AvgIpc) is 3.66. The number of hydrogen-bond donors (Lipinski definition) is 2. The second-order valence-corrected chi connectivity index (χ2v) is 14.6. The minimum Gasteiger partial charge on any atom is -0.508 e. The summed E-state index contributed by atoms with van der Waals surface area (Å²) in [6, 6.07) is 9.59. The van der Waals surface area contributed by atoms with Gasteiger partial charge in [-0.05, 0) is 61.6 Å². The molecule has 4 aliphatic heterocycles. The van der Waals surface area contributed by atoms with E-state index in [0.29, 0.717) is 69.6 Å². The van der Waals surface area contributed by atoms with E-state index in [1.165, 1.54) is 25.3 Å². The largest absolute Gasteiger partial charge is 0.508 e. The summed E-state index contributed by atoms with van der Waals surface area (Å²) < 4.78 is 38.2. The first-order valence-electron chi connectivity index (χ1n) is 16.7. The predicted molar refractivity (Wildman–Crippen MR) is 174 cm³/mol. The zero-order chi connectivity index (χ0) is 31.2. The zero-order valence-electron chi connectivity index (χ0n) is 25.6. The van der Waals surface area contributed by atoms with Crippen LogP contribution in [-0.2, 0) is 0 Å². The van der Waals surface area contributed by atoms with Gasteiger partial charge < -0.3 is 20.1 Å². The number of phenols is 1. The Morgan fingerprint density at radius 1 is 1.04 bits per heavy atom. The topological polar surface area (TPSA) is 86.6 Å². The number of nitrogens with one attached hydrogen (secondary N) is 1. The van der Waals surface area contributed by atoms with Crippen molar-refractivity contribution in [3.05, 3.63) is 47.4 Å². The third-order valence-electron chi connectivity index (χ3n) is 11.3. The van der Waals surface area contributed by atoms with Crippen LogP contribution in [0.25, 0.3) is 32.9 Å². The highest BCUT2D eigenvalue weighted by atomic mass is 35.5. The van der Waals surface area contributed by atoms with E-state index in [1.807, 2.05) is 6.07 Å². The molecule has 2 bridgehead atoms. The Labute approximate surface area is 271 Å². The Morgan fingerprint density at radius 3 is 2.72 bits per heavy atom. The number of alkyl halides is 1. The van der Waals surface area contributed by atoms with Gasteiger partial charge in [0.15, 0.2) is 5.82 Å². The van der Waals surface area contributed by atoms with Crippen molar-refractivity contribution in [2.45, 2.75) is 81.2 Å². The van der Waals surface area contributed by atoms with E-state index in [-0.39, 0.29) is 29.6 Å². The van der Waals surface area contributed by atoms with E-state index in [2.05, 4.69) is 25.1 Å². The minimum absolute atomic E-state index is 0.0153. The van der Waals surface area contributed by atoms with E-state index in [9.17, 15) is 9.50 Å². The second kappa shape index (κ2) is 10.9. The van der Waals surface area contributed by atoms with Crippen molar-refractivity contribution < 1.29 is 18.6 Å². The Bertz CT molecular complexity index is 1850. The Morgan fingerprint density at radius 2 is 1.87 bits per heavy atom. The smallest absolute Gasteiger partial charge is 0.319 e. The summed E-state index contributed by atoms with van der Waals surface area (Å²) in [5.74, 6) is 0.509. The van der Waals surface area contributed by atoms with Crippen molar-refractivity contribution in [1.82, 2.24) is 25.2 Å². The molecule has 2 aromatic heterocycles. The van der Waals surface area contributed by atoms with Crippen molar-refractivity contribution in [2.75, 3.05) is 31.1 Å². The van der Waals surface area contributed by atoms with E-state index in [1.54, 1.807) is 24.4 Å². The summed E-state index contributed by atoms with van der Waals surface area (Å²) in [5.41, 5.74) is 0.123. The number of ether oxygens (including phenoxy) is 1. The lowest BCUT2D eigenvalue weighted by Crippen LogP contribution is -2.51. The number of aromatic hydroxyl groups is 1. The fraction of sp³-hybridized carbons (Fsp3) is 0.514. The highest BCUT2D eigenvalue weighted by Gasteiger charge is 2.57. The molecule has 6 atom stereocenters. The highest BCUT2D eigenvalue weighted by molar-refractivity contribution is 6.36. The molecule has 4 saturated heterocycles. The van der Waals surface area contributed by atoms with E-state index >= 15 is 4.39 Å². The van der Waals surface area contributed by atoms with Crippen molar-refractivity contribution in [2.24, 2.45) is 5.92 Å². The summed E-state index contributed by atoms with van der Waals surface area (Å²) in [6.45, 7) is 2.19. The molecule has 46 heavy (non-hydrogen) atoms. The molecule has 0 radical (unpaired) electrons. The van der Waals surface area contributed by atoms with Crippen LogP contribution < -0.4 is 15.0 Å². The van der Waals surface area contributed by atoms with Gasteiger partial charge >= 0.3 is 6.01 Å². The van der Waals surface area contributed by atoms with Gasteiger partial charge in [0.1, 0.15) is 35.6 Å². The highest BCUT2D eigenvalue weighted by Crippen LogP contribution is 2.51. The number of fused-ring (bicyclic) bond motifs is 7. The van der Waals surface area contributed by atoms with E-state index in [0.717, 1.165) is 38.8 Å². The Kier molecular flexibility index (Phi) is 6.81. The standard InChI is InChI=1S/C35H37ClF2N6O2/c36-27-6-3-5-19-10-24(45)11-25(29(19)27)31-30(38)32-26(14-39-31)33(43-16-22-8-9-23(17-43)40-22)42-34(41-32)46-18-35-12-20-4-1-2-7-28(20)44(35)15-21(37)13-35/h3,5-6,10-11,14,20-23,28,40,45H,1-2,4,7-9,12-13,15-18H2/t20-,21+,22?,23?,28-,35?/m1/s1. The number of phenolic OH excluding ortho intramolecular Hbond substituents is 1. The van der Waals surface area contributed by atoms with Crippen LogP contribution in [0.15, 0.2) is 36.5 Å². The van der Waals surface area contributed by atoms with Gasteiger partial charge in [0.05, 0.1) is 10.9 Å². The number of aromatic nitrogens is 3. The fourth-order valence-electron chi connectivity index (χ4n) is 9.45. The van der Waals surface area contributed by atoms with Crippen molar-refractivity contribution in [3.63, 3.8) is 0 Å². The Hall–Kier alpha value is -3.34. The van der Waals surface area contributed by atoms with Gasteiger partial charge in [0.2, 0.25) is 0 Å². The molecule has 4 aromatic rings. The number of halogens is 3. The lowest BCUT2D eigenvalue weighted by Gasteiger charge is -2.36. The van der Waals surface area contributed by atoms with Crippen molar-refractivity contribution in [3.8, 4) is 23.0 Å². The quantitative estimate of drug-likeness (QED) is 0.257. The normalized spacial score (nSPS) is 30.7. The van der Waals surface area contributed by atoms with Crippen molar-refractivity contribution >= 4 is 39.1 Å². The van der Waals surface area contributed by atoms with Crippen LogP contribution in [0.1, 0.15) is 51.4 Å². The third-order valence-corrected chi connectivity index (χ3v) is 11.6. The SMILES string of the molecule is Oc1cc(-c2ncc3c(N4CC5CCC(C4)N5)nc(OCC45C[C@H](F)CN4[C@@H]4CCCC[C@@H]4C5)nc3c2F)c2c(Cl)cccc2c1. The van der Waals surface area contributed by atoms with Gasteiger partial charge in [-0.3, -0.25) is 9.88 Å². The maximum atomic E-state index is 16.8. The number of benzene rings is 2. The third kappa shape index (κ3) is 4.62. The first kappa shape index (κ1) is 28.8. The maximum absolute atomic E-state index is 16.8. The molecule has 5 fully saturated rings. The molecule has 240 valence electrons. The number of pyridine rings is 1. The maximum Gasteiger partial charge on any atom is 0.319 e. The van der Waals surface area contributed by atoms with Gasteiger partial charge in [0, 0.05) is 66.3 Å². The van der Waals surface area contributed by atoms with Crippen LogP contribution in [0.2, 0.25) is 5.02 Å². The predicted octanol–water partition coefficient (Wildman–Crippen LogP) is 6.41. The van der Waals surface area contributed by atoms with Gasteiger partial charge in [-0.1, -0.05) is 36.6 Å². The molecule has 2 aromatic carbocycles. The Balaban J connectivity index is 1.15. The molecule has 3 unspecified atom stereocenters. The molecular weight excluding hydrogens is 610 g/mol. The van der Waals surface area contributed by atoms with Gasteiger partial charge in [0.25, 0.3) is 0 Å². The fourth-order valence-corrected chi connectivity index (χ4v) is 9.73. The molecule has 1 saturated carbocycles. The molecule has 0 spiro atoms. The summed E-state index contributed by atoms with van der Waals surface area (Å²) in [5, 5.41) is 16.4. The number of piperazine rings is 1. The van der Waals surface area contributed by atoms with Crippen molar-refractivity contribution in [1.29, 1.82) is 0 Å². The average molecular weight is 647 g/mol. The molecule has 6 heterocycles. The number of anilines is 1. The molecule has 1 aliphatic carbocycles. The lowest BCUT2D eigenvalue weighted by atomic mass is 9.81. The number of rotatable bonds is 5. The summed E-state index contributed by atoms with van der Waals surface area (Å²) in [4.78, 5) is 18.7. The number of hydrogen-bond acceptors (Lipinski definition) is 8. The second-order valence-electron chi connectivity index (χ2n) is 14.2. The molecule has 2 N–H and O–H groups in total. The number of nitrogens with zero attached hydrogens (tertiary/aromatic N) is 5. The van der Waals surface area contributed by atoms with Gasteiger partial charge in [-0.2, -0.15) is 9.97 Å². The van der Waals surface area contributed by atoms with Crippen LogP contribution in [0.5, 0.6) is 11.8 Å². The monoisotopic (exact) mass is 646 g/mol. The molecule has 8 nitrogen and oxygen atoms in total. The zero-order valence-corrected chi connectivity index (χ0v) is 26.3. The summed E-state index contributed by atoms with van der Waals surface area (Å²) in [7, 11) is 0. The van der Waals surface area contributed by atoms with Crippen LogP contribution in [0.3, 0.4) is 0 Å². The first-order valence-corrected chi connectivity index (χ1v) is 17.1. The van der Waals surface area contributed by atoms with E-state index < -0.39 is 17.5 Å². The van der Waals surface area contributed by atoms with Gasteiger partial charge in [-0.15, -0.1) is 0 Å². The van der Waals surface area contributed by atoms with E-state index in [4.69, 9.17) is 21.3 Å². The van der Waals surface area contributed by atoms with Crippen LogP contribution in [0.4, 0.5) is 14.6 Å². The van der Waals surface area contributed by atoms with Crippen LogP contribution >= 0.6 is 11.6 Å². The summed E-state index contributed by atoms with van der Waals surface area (Å²) >= 11 is 6.60. The minimum atomic E-state index is -0.883. The molecular formula is C35H37ClF2N6O2.